The molecule has 0 aliphatic carbocycles. The number of carboxylic acid groups (broad SMARTS) is 1. The Morgan fingerprint density at radius 3 is 2.55 bits per heavy atom. The van der Waals surface area contributed by atoms with Gasteiger partial charge < -0.3 is 10.2 Å². The molecular weight excluding hydrogens is 282 g/mol. The highest BCUT2D eigenvalue weighted by atomic mass is 16.4. The highest BCUT2D eigenvalue weighted by Crippen LogP contribution is 2.24. The second-order valence-corrected chi connectivity index (χ2v) is 4.92. The summed E-state index contributed by atoms with van der Waals surface area (Å²) in [5, 5.41) is 26.9. The first-order valence-corrected chi connectivity index (χ1v) is 6.60. The van der Waals surface area contributed by atoms with E-state index in [1.165, 1.54) is 16.8 Å². The van der Waals surface area contributed by atoms with Crippen LogP contribution in [0, 0.1) is 6.92 Å². The van der Waals surface area contributed by atoms with E-state index < -0.39 is 5.97 Å². The van der Waals surface area contributed by atoms with Crippen LogP contribution < -0.4 is 0 Å². The highest BCUT2D eigenvalue weighted by Gasteiger charge is 2.10. The van der Waals surface area contributed by atoms with Crippen LogP contribution in [0.2, 0.25) is 0 Å². The van der Waals surface area contributed by atoms with E-state index in [1.54, 1.807) is 36.5 Å². The van der Waals surface area contributed by atoms with Gasteiger partial charge in [0.25, 0.3) is 0 Å². The number of nitrogens with zero attached hydrogens (tertiary/aromatic N) is 3. The molecule has 0 amide bonds. The van der Waals surface area contributed by atoms with Crippen LogP contribution in [0.15, 0.2) is 48.7 Å². The lowest BCUT2D eigenvalue weighted by Gasteiger charge is -2.04. The monoisotopic (exact) mass is 295 g/mol. The van der Waals surface area contributed by atoms with Crippen LogP contribution >= 0.6 is 0 Å². The molecule has 0 aliphatic heterocycles. The fourth-order valence-electron chi connectivity index (χ4n) is 2.11. The van der Waals surface area contributed by atoms with Gasteiger partial charge in [0.15, 0.2) is 0 Å². The first-order chi connectivity index (χ1) is 10.5. The van der Waals surface area contributed by atoms with E-state index in [1.807, 2.05) is 6.92 Å². The van der Waals surface area contributed by atoms with Crippen molar-refractivity contribution in [3.8, 4) is 22.7 Å². The van der Waals surface area contributed by atoms with E-state index in [0.717, 1.165) is 11.1 Å². The molecule has 0 fully saturated rings. The van der Waals surface area contributed by atoms with Crippen molar-refractivity contribution in [3.05, 3.63) is 59.8 Å². The molecule has 1 aromatic heterocycles. The maximum Gasteiger partial charge on any atom is 0.335 e. The van der Waals surface area contributed by atoms with E-state index in [2.05, 4.69) is 10.3 Å². The maximum absolute atomic E-state index is 10.8. The normalized spacial score (nSPS) is 10.6. The van der Waals surface area contributed by atoms with Gasteiger partial charge in [0.1, 0.15) is 17.1 Å². The molecule has 0 saturated heterocycles. The van der Waals surface area contributed by atoms with Crippen molar-refractivity contribution in [3.63, 3.8) is 0 Å². The first-order valence-electron chi connectivity index (χ1n) is 6.60. The predicted octanol–water partition coefficient (Wildman–Crippen LogP) is 2.65. The molecule has 2 N–H and O–H groups in total. The first kappa shape index (κ1) is 13.8. The van der Waals surface area contributed by atoms with Crippen molar-refractivity contribution in [2.45, 2.75) is 6.92 Å². The Balaban J connectivity index is 1.96. The molecule has 6 heteroatoms. The molecule has 6 nitrogen and oxygen atoms in total. The Labute approximate surface area is 126 Å². The van der Waals surface area contributed by atoms with E-state index in [4.69, 9.17) is 5.11 Å². The van der Waals surface area contributed by atoms with Crippen molar-refractivity contribution < 1.29 is 15.0 Å². The topological polar surface area (TPSA) is 88.2 Å². The zero-order valence-corrected chi connectivity index (χ0v) is 11.8. The Bertz CT molecular complexity index is 838. The standard InChI is InChI=1S/C16H13N3O3/c1-10-2-7-15(20)14(8-10)19-9-13(17-18-19)11-3-5-12(6-4-11)16(21)22/h2-9,20H,1H3,(H,21,22). The summed E-state index contributed by atoms with van der Waals surface area (Å²) in [6.07, 6.45) is 1.68. The van der Waals surface area contributed by atoms with Crippen molar-refractivity contribution >= 4 is 5.97 Å². The zero-order chi connectivity index (χ0) is 15.7. The van der Waals surface area contributed by atoms with Crippen LogP contribution in [0.25, 0.3) is 16.9 Å². The van der Waals surface area contributed by atoms with Gasteiger partial charge in [0.05, 0.1) is 11.8 Å². The van der Waals surface area contributed by atoms with Gasteiger partial charge in [-0.3, -0.25) is 0 Å². The summed E-state index contributed by atoms with van der Waals surface area (Å²) in [6.45, 7) is 1.92. The molecule has 2 aromatic carbocycles. The molecule has 3 rings (SSSR count). The van der Waals surface area contributed by atoms with Crippen LogP contribution in [-0.4, -0.2) is 31.2 Å². The van der Waals surface area contributed by atoms with Crippen molar-refractivity contribution in [2.75, 3.05) is 0 Å². The molecule has 0 unspecified atom stereocenters. The van der Waals surface area contributed by atoms with Crippen LogP contribution in [0.3, 0.4) is 0 Å². The SMILES string of the molecule is Cc1ccc(O)c(-n2cc(-c3ccc(C(=O)O)cc3)nn2)c1. The number of rotatable bonds is 3. The minimum atomic E-state index is -0.972. The van der Waals surface area contributed by atoms with Gasteiger partial charge in [0.2, 0.25) is 0 Å². The minimum Gasteiger partial charge on any atom is -0.506 e. The number of phenols is 1. The number of aromatic carboxylic acids is 1. The Kier molecular flexibility index (Phi) is 3.34. The Morgan fingerprint density at radius 1 is 1.14 bits per heavy atom. The maximum atomic E-state index is 10.8. The average molecular weight is 295 g/mol. The molecule has 0 saturated carbocycles. The third kappa shape index (κ3) is 2.54. The molecule has 0 radical (unpaired) electrons. The molecule has 1 heterocycles. The molecule has 0 bridgehead atoms. The lowest BCUT2D eigenvalue weighted by atomic mass is 10.1. The zero-order valence-electron chi connectivity index (χ0n) is 11.8. The highest BCUT2D eigenvalue weighted by molar-refractivity contribution is 5.88. The number of aromatic nitrogens is 3. The molecule has 110 valence electrons. The fraction of sp³-hybridized carbons (Fsp3) is 0.0625. The summed E-state index contributed by atoms with van der Waals surface area (Å²) in [6, 6.07) is 11.6. The van der Waals surface area contributed by atoms with E-state index >= 15 is 0 Å². The van der Waals surface area contributed by atoms with Crippen molar-refractivity contribution in [2.24, 2.45) is 0 Å². The number of hydrogen-bond donors (Lipinski definition) is 2. The Hall–Kier alpha value is -3.15. The summed E-state index contributed by atoms with van der Waals surface area (Å²) >= 11 is 0. The van der Waals surface area contributed by atoms with Crippen LogP contribution in [0.1, 0.15) is 15.9 Å². The van der Waals surface area contributed by atoms with Gasteiger partial charge in [-0.25, -0.2) is 9.48 Å². The summed E-state index contributed by atoms with van der Waals surface area (Å²) < 4.78 is 1.49. The van der Waals surface area contributed by atoms with Crippen LogP contribution in [-0.2, 0) is 0 Å². The number of aromatic hydroxyl groups is 1. The van der Waals surface area contributed by atoms with E-state index in [0.29, 0.717) is 11.4 Å². The van der Waals surface area contributed by atoms with Gasteiger partial charge >= 0.3 is 5.97 Å². The number of aryl methyl sites for hydroxylation is 1. The summed E-state index contributed by atoms with van der Waals surface area (Å²) in [5.74, 6) is -0.858. The lowest BCUT2D eigenvalue weighted by Crippen LogP contribution is -1.95. The summed E-state index contributed by atoms with van der Waals surface area (Å²) in [5.41, 5.74) is 3.10. The summed E-state index contributed by atoms with van der Waals surface area (Å²) in [7, 11) is 0. The molecule has 0 atom stereocenters. The predicted molar refractivity (Wildman–Crippen MR) is 80.2 cm³/mol. The van der Waals surface area contributed by atoms with Gasteiger partial charge in [-0.15, -0.1) is 5.10 Å². The number of hydrogen-bond acceptors (Lipinski definition) is 4. The lowest BCUT2D eigenvalue weighted by molar-refractivity contribution is 0.0697. The average Bonchev–Trinajstić information content (AvgIpc) is 2.99. The van der Waals surface area contributed by atoms with Gasteiger partial charge in [-0.05, 0) is 36.8 Å². The molecule has 0 spiro atoms. The van der Waals surface area contributed by atoms with E-state index in [9.17, 15) is 9.90 Å². The number of benzene rings is 2. The molecular formula is C16H13N3O3. The summed E-state index contributed by atoms with van der Waals surface area (Å²) in [4.78, 5) is 10.8. The third-order valence-corrected chi connectivity index (χ3v) is 3.30. The Morgan fingerprint density at radius 2 is 1.86 bits per heavy atom. The molecule has 3 aromatic rings. The quantitative estimate of drug-likeness (QED) is 0.775. The third-order valence-electron chi connectivity index (χ3n) is 3.30. The number of carbonyl (C=O) groups is 1. The van der Waals surface area contributed by atoms with Gasteiger partial charge in [-0.2, -0.15) is 0 Å². The molecule has 22 heavy (non-hydrogen) atoms. The van der Waals surface area contributed by atoms with Crippen LogP contribution in [0.5, 0.6) is 5.75 Å². The largest absolute Gasteiger partial charge is 0.506 e. The molecule has 0 aliphatic rings. The van der Waals surface area contributed by atoms with E-state index in [-0.39, 0.29) is 11.3 Å². The fourth-order valence-corrected chi connectivity index (χ4v) is 2.11. The van der Waals surface area contributed by atoms with Crippen molar-refractivity contribution in [1.82, 2.24) is 15.0 Å². The van der Waals surface area contributed by atoms with Crippen LogP contribution in [0.4, 0.5) is 0 Å². The smallest absolute Gasteiger partial charge is 0.335 e. The van der Waals surface area contributed by atoms with Crippen molar-refractivity contribution in [1.29, 1.82) is 0 Å². The second-order valence-electron chi connectivity index (χ2n) is 4.92. The number of phenolic OH excluding ortho intramolecular Hbond substituents is 1. The second kappa shape index (κ2) is 5.33. The van der Waals surface area contributed by atoms with Gasteiger partial charge in [0, 0.05) is 5.56 Å². The number of carboxylic acids is 1. The minimum absolute atomic E-state index is 0.114. The van der Waals surface area contributed by atoms with Gasteiger partial charge in [-0.1, -0.05) is 23.4 Å².